The highest BCUT2D eigenvalue weighted by molar-refractivity contribution is 7.09. The van der Waals surface area contributed by atoms with Crippen LogP contribution in [0.1, 0.15) is 32.2 Å². The van der Waals surface area contributed by atoms with Crippen molar-refractivity contribution in [1.82, 2.24) is 14.8 Å². The maximum atomic E-state index is 13.5. The first kappa shape index (κ1) is 29.0. The van der Waals surface area contributed by atoms with E-state index in [1.165, 1.54) is 23.5 Å². The molecule has 0 spiro atoms. The molecule has 1 heterocycles. The molecule has 0 saturated carbocycles. The molecule has 0 saturated heterocycles. The number of ether oxygens (including phenoxy) is 3. The number of aromatic nitrogens is 1. The van der Waals surface area contributed by atoms with Crippen molar-refractivity contribution < 1.29 is 23.4 Å². The quantitative estimate of drug-likeness (QED) is 0.204. The normalized spacial score (nSPS) is 10.9. The average molecular weight is 564 g/mol. The van der Waals surface area contributed by atoms with Crippen LogP contribution in [0.5, 0.6) is 17.2 Å². The SMILES string of the molecule is COc1ccc(CN(Cc2ccc(F)cc2)Cc2nc(C(=O)N(C)CCc3ccc(OC)c(OC)c3)cs2)cc1. The summed E-state index contributed by atoms with van der Waals surface area (Å²) in [4.78, 5) is 21.7. The number of halogens is 1. The summed E-state index contributed by atoms with van der Waals surface area (Å²) in [6.45, 7) is 2.36. The van der Waals surface area contributed by atoms with Crippen molar-refractivity contribution in [1.29, 1.82) is 0 Å². The second kappa shape index (κ2) is 13.9. The van der Waals surface area contributed by atoms with Gasteiger partial charge in [-0.2, -0.15) is 0 Å². The molecule has 9 heteroatoms. The molecule has 40 heavy (non-hydrogen) atoms. The Morgan fingerprint density at radius 2 is 1.45 bits per heavy atom. The van der Waals surface area contributed by atoms with E-state index in [9.17, 15) is 9.18 Å². The van der Waals surface area contributed by atoms with E-state index in [1.54, 1.807) is 45.4 Å². The van der Waals surface area contributed by atoms with Crippen LogP contribution in [0.2, 0.25) is 0 Å². The molecule has 0 radical (unpaired) electrons. The van der Waals surface area contributed by atoms with Gasteiger partial charge in [-0.15, -0.1) is 11.3 Å². The number of likely N-dealkylation sites (N-methyl/N-ethyl adjacent to an activating group) is 1. The maximum Gasteiger partial charge on any atom is 0.273 e. The molecule has 1 amide bonds. The van der Waals surface area contributed by atoms with Crippen LogP contribution >= 0.6 is 11.3 Å². The fourth-order valence-corrected chi connectivity index (χ4v) is 5.12. The highest BCUT2D eigenvalue weighted by Crippen LogP contribution is 2.28. The van der Waals surface area contributed by atoms with Crippen molar-refractivity contribution in [2.24, 2.45) is 0 Å². The van der Waals surface area contributed by atoms with Gasteiger partial charge in [0.15, 0.2) is 11.5 Å². The molecule has 0 unspecified atom stereocenters. The monoisotopic (exact) mass is 563 g/mol. The molecule has 7 nitrogen and oxygen atoms in total. The van der Waals surface area contributed by atoms with E-state index in [0.29, 0.717) is 49.8 Å². The number of hydrogen-bond donors (Lipinski definition) is 0. The van der Waals surface area contributed by atoms with E-state index < -0.39 is 0 Å². The molecule has 4 rings (SSSR count). The molecule has 0 aliphatic carbocycles. The summed E-state index contributed by atoms with van der Waals surface area (Å²) < 4.78 is 29.4. The van der Waals surface area contributed by atoms with E-state index >= 15 is 0 Å². The maximum absolute atomic E-state index is 13.5. The van der Waals surface area contributed by atoms with Gasteiger partial charge in [0.05, 0.1) is 27.9 Å². The molecule has 210 valence electrons. The lowest BCUT2D eigenvalue weighted by molar-refractivity contribution is 0.0791. The number of thiazole rings is 1. The number of carbonyl (C=O) groups excluding carboxylic acids is 1. The van der Waals surface area contributed by atoms with Gasteiger partial charge in [0.25, 0.3) is 5.91 Å². The van der Waals surface area contributed by atoms with Crippen molar-refractivity contribution in [2.75, 3.05) is 34.9 Å². The third-order valence-electron chi connectivity index (χ3n) is 6.54. The Bertz CT molecular complexity index is 1390. The van der Waals surface area contributed by atoms with Crippen LogP contribution in [-0.4, -0.2) is 55.6 Å². The largest absolute Gasteiger partial charge is 0.497 e. The third-order valence-corrected chi connectivity index (χ3v) is 7.38. The predicted octanol–water partition coefficient (Wildman–Crippen LogP) is 5.83. The zero-order chi connectivity index (χ0) is 28.5. The Kier molecular flexibility index (Phi) is 10.1. The fraction of sp³-hybridized carbons (Fsp3) is 0.290. The summed E-state index contributed by atoms with van der Waals surface area (Å²) in [7, 11) is 6.64. The van der Waals surface area contributed by atoms with Crippen molar-refractivity contribution in [3.8, 4) is 17.2 Å². The zero-order valence-electron chi connectivity index (χ0n) is 23.2. The van der Waals surface area contributed by atoms with Gasteiger partial charge in [0, 0.05) is 32.1 Å². The second-order valence-electron chi connectivity index (χ2n) is 9.41. The van der Waals surface area contributed by atoms with Gasteiger partial charge in [-0.1, -0.05) is 30.3 Å². The van der Waals surface area contributed by atoms with E-state index in [4.69, 9.17) is 14.2 Å². The predicted molar refractivity (Wildman–Crippen MR) is 155 cm³/mol. The lowest BCUT2D eigenvalue weighted by Gasteiger charge is -2.22. The first-order valence-corrected chi connectivity index (χ1v) is 13.8. The average Bonchev–Trinajstić information content (AvgIpc) is 3.45. The molecule has 1 aromatic heterocycles. The van der Waals surface area contributed by atoms with E-state index in [2.05, 4.69) is 9.88 Å². The highest BCUT2D eigenvalue weighted by Gasteiger charge is 2.18. The minimum Gasteiger partial charge on any atom is -0.497 e. The molecule has 0 bridgehead atoms. The van der Waals surface area contributed by atoms with Crippen LogP contribution in [-0.2, 0) is 26.1 Å². The second-order valence-corrected chi connectivity index (χ2v) is 10.4. The Balaban J connectivity index is 1.41. The highest BCUT2D eigenvalue weighted by atomic mass is 32.1. The minimum absolute atomic E-state index is 0.122. The lowest BCUT2D eigenvalue weighted by Crippen LogP contribution is -2.29. The molecular weight excluding hydrogens is 529 g/mol. The van der Waals surface area contributed by atoms with Crippen LogP contribution in [0.15, 0.2) is 72.1 Å². The summed E-state index contributed by atoms with van der Waals surface area (Å²) in [5, 5.41) is 2.65. The number of methoxy groups -OCH3 is 3. The molecule has 0 aliphatic rings. The van der Waals surface area contributed by atoms with Crippen LogP contribution in [0.3, 0.4) is 0 Å². The number of amides is 1. The van der Waals surface area contributed by atoms with Crippen LogP contribution in [0.4, 0.5) is 4.39 Å². The number of benzene rings is 3. The summed E-state index contributed by atoms with van der Waals surface area (Å²) in [6, 6.07) is 20.2. The number of rotatable bonds is 13. The van der Waals surface area contributed by atoms with Gasteiger partial charge in [-0.3, -0.25) is 9.69 Å². The molecular formula is C31H34FN3O4S. The first-order chi connectivity index (χ1) is 19.4. The van der Waals surface area contributed by atoms with Crippen LogP contribution < -0.4 is 14.2 Å². The molecule has 4 aromatic rings. The first-order valence-electron chi connectivity index (χ1n) is 12.9. The number of hydrogen-bond acceptors (Lipinski definition) is 7. The van der Waals surface area contributed by atoms with Crippen molar-refractivity contribution in [3.63, 3.8) is 0 Å². The van der Waals surface area contributed by atoms with Gasteiger partial charge in [-0.25, -0.2) is 9.37 Å². The zero-order valence-corrected chi connectivity index (χ0v) is 24.0. The molecule has 0 atom stereocenters. The van der Waals surface area contributed by atoms with Crippen LogP contribution in [0, 0.1) is 5.82 Å². The van der Waals surface area contributed by atoms with Gasteiger partial charge in [-0.05, 0) is 59.5 Å². The standard InChI is InChI=1S/C31H34FN3O4S/c1-34(16-15-22-9-14-28(38-3)29(17-22)39-4)31(36)27-21-40-30(33-27)20-35(18-23-5-10-25(32)11-6-23)19-24-7-12-26(37-2)13-8-24/h5-14,17,21H,15-16,18-20H2,1-4H3. The Morgan fingerprint density at radius 1 is 0.825 bits per heavy atom. The number of nitrogens with zero attached hydrogens (tertiary/aromatic N) is 3. The summed E-state index contributed by atoms with van der Waals surface area (Å²) >= 11 is 1.47. The summed E-state index contributed by atoms with van der Waals surface area (Å²) in [6.07, 6.45) is 0.674. The summed E-state index contributed by atoms with van der Waals surface area (Å²) in [5.41, 5.74) is 3.59. The molecule has 0 N–H and O–H groups in total. The topological polar surface area (TPSA) is 64.1 Å². The Labute approximate surface area is 238 Å². The molecule has 0 fully saturated rings. The van der Waals surface area contributed by atoms with E-state index in [1.807, 2.05) is 47.8 Å². The van der Waals surface area contributed by atoms with Crippen LogP contribution in [0.25, 0.3) is 0 Å². The van der Waals surface area contributed by atoms with Gasteiger partial charge in [0.1, 0.15) is 22.3 Å². The summed E-state index contributed by atoms with van der Waals surface area (Å²) in [5.74, 6) is 1.75. The Morgan fingerprint density at radius 3 is 2.08 bits per heavy atom. The fourth-order valence-electron chi connectivity index (χ4n) is 4.31. The van der Waals surface area contributed by atoms with Gasteiger partial charge >= 0.3 is 0 Å². The Hall–Kier alpha value is -3.95. The molecule has 0 aliphatic heterocycles. The van der Waals surface area contributed by atoms with Gasteiger partial charge < -0.3 is 19.1 Å². The third kappa shape index (κ3) is 7.80. The number of carbonyl (C=O) groups is 1. The lowest BCUT2D eigenvalue weighted by atomic mass is 10.1. The van der Waals surface area contributed by atoms with Crippen molar-refractivity contribution in [2.45, 2.75) is 26.1 Å². The van der Waals surface area contributed by atoms with E-state index in [-0.39, 0.29) is 11.7 Å². The van der Waals surface area contributed by atoms with Crippen molar-refractivity contribution >= 4 is 17.2 Å². The van der Waals surface area contributed by atoms with Gasteiger partial charge in [0.2, 0.25) is 0 Å². The van der Waals surface area contributed by atoms with Crippen molar-refractivity contribution in [3.05, 3.63) is 105 Å². The van der Waals surface area contributed by atoms with E-state index in [0.717, 1.165) is 27.4 Å². The minimum atomic E-state index is -0.260. The molecule has 3 aromatic carbocycles. The smallest absolute Gasteiger partial charge is 0.273 e.